The van der Waals surface area contributed by atoms with Gasteiger partial charge in [-0.05, 0) is 48.4 Å². The summed E-state index contributed by atoms with van der Waals surface area (Å²) in [5.41, 5.74) is 1.22. The lowest BCUT2D eigenvalue weighted by Crippen LogP contribution is -2.24. The third kappa shape index (κ3) is 5.67. The third-order valence-corrected chi connectivity index (χ3v) is 3.77. The predicted octanol–water partition coefficient (Wildman–Crippen LogP) is 4.43. The number of hydrogen-bond donors (Lipinski definition) is 1. The smallest absolute Gasteiger partial charge is 0.244 e. The Morgan fingerprint density at radius 1 is 1.19 bits per heavy atom. The van der Waals surface area contributed by atoms with Crippen molar-refractivity contribution in [2.45, 2.75) is 13.0 Å². The van der Waals surface area contributed by atoms with E-state index < -0.39 is 17.7 Å². The summed E-state index contributed by atoms with van der Waals surface area (Å²) in [5.74, 6) is -1.12. The molecule has 1 amide bonds. The molecule has 0 saturated heterocycles. The second-order valence-electron chi connectivity index (χ2n) is 5.75. The van der Waals surface area contributed by atoms with E-state index in [4.69, 9.17) is 9.47 Å². The summed E-state index contributed by atoms with van der Waals surface area (Å²) in [6, 6.07) is 8.32. The van der Waals surface area contributed by atoms with Crippen molar-refractivity contribution in [3.63, 3.8) is 0 Å². The van der Waals surface area contributed by atoms with Crippen LogP contribution >= 0.6 is 0 Å². The van der Waals surface area contributed by atoms with Gasteiger partial charge in [-0.3, -0.25) is 4.79 Å². The average Bonchev–Trinajstić information content (AvgIpc) is 2.67. The monoisotopic (exact) mass is 373 g/mol. The normalized spacial score (nSPS) is 11.9. The van der Waals surface area contributed by atoms with E-state index in [0.29, 0.717) is 23.7 Å². The predicted molar refractivity (Wildman–Crippen MR) is 101 cm³/mol. The molecule has 27 heavy (non-hydrogen) atoms. The van der Waals surface area contributed by atoms with Gasteiger partial charge in [0.25, 0.3) is 0 Å². The van der Waals surface area contributed by atoms with Crippen LogP contribution in [0, 0.1) is 11.6 Å². The van der Waals surface area contributed by atoms with Gasteiger partial charge in [-0.1, -0.05) is 24.8 Å². The van der Waals surface area contributed by atoms with Crippen molar-refractivity contribution >= 4 is 12.0 Å². The molecule has 0 aliphatic heterocycles. The number of carbonyl (C=O) groups excluding carboxylic acids is 1. The molecule has 0 bridgehead atoms. The van der Waals surface area contributed by atoms with E-state index in [1.54, 1.807) is 37.3 Å². The van der Waals surface area contributed by atoms with Crippen molar-refractivity contribution in [1.82, 2.24) is 5.32 Å². The van der Waals surface area contributed by atoms with Gasteiger partial charge in [0, 0.05) is 6.08 Å². The zero-order chi connectivity index (χ0) is 19.8. The average molecular weight is 373 g/mol. The summed E-state index contributed by atoms with van der Waals surface area (Å²) >= 11 is 0. The van der Waals surface area contributed by atoms with E-state index in [9.17, 15) is 13.6 Å². The molecule has 1 unspecified atom stereocenters. The minimum Gasteiger partial charge on any atom is -0.493 e. The molecule has 0 aliphatic carbocycles. The number of hydrogen-bond acceptors (Lipinski definition) is 3. The first kappa shape index (κ1) is 20.2. The lowest BCUT2D eigenvalue weighted by Gasteiger charge is -2.13. The van der Waals surface area contributed by atoms with Crippen molar-refractivity contribution < 1.29 is 23.0 Å². The molecule has 1 atom stereocenters. The van der Waals surface area contributed by atoms with E-state index in [1.807, 2.05) is 0 Å². The summed E-state index contributed by atoms with van der Waals surface area (Å²) in [7, 11) is 1.53. The van der Waals surface area contributed by atoms with Crippen molar-refractivity contribution in [2.75, 3.05) is 13.7 Å². The molecular formula is C21H21F2NO3. The van der Waals surface area contributed by atoms with Crippen LogP contribution in [0.3, 0.4) is 0 Å². The maximum absolute atomic E-state index is 13.3. The Hall–Kier alpha value is -3.15. The van der Waals surface area contributed by atoms with Crippen LogP contribution in [0.1, 0.15) is 24.1 Å². The number of rotatable bonds is 8. The number of nitrogens with one attached hydrogen (secondary N) is 1. The van der Waals surface area contributed by atoms with Crippen LogP contribution in [0.4, 0.5) is 8.78 Å². The standard InChI is InChI=1S/C21H21F2NO3/c1-4-11-27-19-9-5-15(12-20(19)26-3)6-10-21(25)24-14(2)16-7-8-17(22)18(23)13-16/h4-10,12-14H,1,11H2,2-3H3,(H,24,25)/b10-6+. The highest BCUT2D eigenvalue weighted by atomic mass is 19.2. The fraction of sp³-hybridized carbons (Fsp3) is 0.190. The van der Waals surface area contributed by atoms with E-state index in [1.165, 1.54) is 19.3 Å². The Bertz CT molecular complexity index is 849. The van der Waals surface area contributed by atoms with Crippen molar-refractivity contribution in [1.29, 1.82) is 0 Å². The molecule has 2 rings (SSSR count). The summed E-state index contributed by atoms with van der Waals surface area (Å²) in [5, 5.41) is 2.70. The van der Waals surface area contributed by atoms with Crippen molar-refractivity contribution in [2.24, 2.45) is 0 Å². The molecule has 0 fully saturated rings. The summed E-state index contributed by atoms with van der Waals surface area (Å²) in [6.45, 7) is 5.64. The fourth-order valence-corrected chi connectivity index (χ4v) is 2.35. The Labute approximate surface area is 157 Å². The summed E-state index contributed by atoms with van der Waals surface area (Å²) in [6.07, 6.45) is 4.61. The second kappa shape index (κ2) is 9.52. The number of methoxy groups -OCH3 is 1. The molecular weight excluding hydrogens is 352 g/mol. The Morgan fingerprint density at radius 2 is 1.96 bits per heavy atom. The van der Waals surface area contributed by atoms with Gasteiger partial charge in [0.05, 0.1) is 13.2 Å². The van der Waals surface area contributed by atoms with Gasteiger partial charge in [-0.15, -0.1) is 0 Å². The molecule has 2 aromatic rings. The van der Waals surface area contributed by atoms with Crippen LogP contribution in [-0.4, -0.2) is 19.6 Å². The zero-order valence-electron chi connectivity index (χ0n) is 15.2. The highest BCUT2D eigenvalue weighted by molar-refractivity contribution is 5.92. The molecule has 0 aromatic heterocycles. The van der Waals surface area contributed by atoms with Crippen LogP contribution < -0.4 is 14.8 Å². The third-order valence-electron chi connectivity index (χ3n) is 3.77. The van der Waals surface area contributed by atoms with Gasteiger partial charge < -0.3 is 14.8 Å². The van der Waals surface area contributed by atoms with E-state index in [2.05, 4.69) is 11.9 Å². The minimum absolute atomic E-state index is 0.357. The molecule has 0 radical (unpaired) electrons. The fourth-order valence-electron chi connectivity index (χ4n) is 2.35. The van der Waals surface area contributed by atoms with Gasteiger partial charge >= 0.3 is 0 Å². The number of benzene rings is 2. The van der Waals surface area contributed by atoms with E-state index in [-0.39, 0.29) is 5.91 Å². The lowest BCUT2D eigenvalue weighted by molar-refractivity contribution is -0.117. The van der Waals surface area contributed by atoms with Crippen molar-refractivity contribution in [3.05, 3.63) is 77.9 Å². The van der Waals surface area contributed by atoms with E-state index >= 15 is 0 Å². The topological polar surface area (TPSA) is 47.6 Å². The first-order chi connectivity index (χ1) is 12.9. The molecule has 0 spiro atoms. The van der Waals surface area contributed by atoms with Gasteiger partial charge in [-0.25, -0.2) is 8.78 Å². The quantitative estimate of drug-likeness (QED) is 0.550. The minimum atomic E-state index is -0.949. The number of ether oxygens (including phenoxy) is 2. The highest BCUT2D eigenvalue weighted by Crippen LogP contribution is 2.28. The van der Waals surface area contributed by atoms with Gasteiger partial charge in [0.2, 0.25) is 5.91 Å². The number of amides is 1. The SMILES string of the molecule is C=CCOc1ccc(/C=C/C(=O)NC(C)c2ccc(F)c(F)c2)cc1OC. The molecule has 0 aliphatic rings. The largest absolute Gasteiger partial charge is 0.493 e. The first-order valence-electron chi connectivity index (χ1n) is 8.30. The molecule has 1 N–H and O–H groups in total. The number of halogens is 2. The van der Waals surface area contributed by atoms with Gasteiger partial charge in [-0.2, -0.15) is 0 Å². The lowest BCUT2D eigenvalue weighted by atomic mass is 10.1. The first-order valence-corrected chi connectivity index (χ1v) is 8.30. The Balaban J connectivity index is 2.02. The van der Waals surface area contributed by atoms with Crippen LogP contribution in [0.2, 0.25) is 0 Å². The molecule has 0 saturated carbocycles. The maximum atomic E-state index is 13.3. The number of carbonyl (C=O) groups is 1. The highest BCUT2D eigenvalue weighted by Gasteiger charge is 2.11. The van der Waals surface area contributed by atoms with Crippen LogP contribution in [0.5, 0.6) is 11.5 Å². The van der Waals surface area contributed by atoms with Crippen LogP contribution in [0.15, 0.2) is 55.1 Å². The zero-order valence-corrected chi connectivity index (χ0v) is 15.2. The van der Waals surface area contributed by atoms with Crippen LogP contribution in [-0.2, 0) is 4.79 Å². The second-order valence-corrected chi connectivity index (χ2v) is 5.75. The van der Waals surface area contributed by atoms with Crippen LogP contribution in [0.25, 0.3) is 6.08 Å². The van der Waals surface area contributed by atoms with Gasteiger partial charge in [0.15, 0.2) is 23.1 Å². The van der Waals surface area contributed by atoms with Crippen molar-refractivity contribution in [3.8, 4) is 11.5 Å². The van der Waals surface area contributed by atoms with Gasteiger partial charge in [0.1, 0.15) is 6.61 Å². The molecule has 142 valence electrons. The molecule has 2 aromatic carbocycles. The maximum Gasteiger partial charge on any atom is 0.244 e. The summed E-state index contributed by atoms with van der Waals surface area (Å²) in [4.78, 5) is 12.1. The molecule has 4 nitrogen and oxygen atoms in total. The van der Waals surface area contributed by atoms with E-state index in [0.717, 1.165) is 17.7 Å². The Kier molecular flexibility index (Phi) is 7.11. The molecule has 0 heterocycles. The molecule has 6 heteroatoms. The summed E-state index contributed by atoms with van der Waals surface area (Å²) < 4.78 is 37.0. The Morgan fingerprint density at radius 3 is 2.63 bits per heavy atom.